The zero-order chi connectivity index (χ0) is 17.2. The van der Waals surface area contributed by atoms with E-state index in [0.29, 0.717) is 5.56 Å². The second-order valence-corrected chi connectivity index (χ2v) is 4.63. The summed E-state index contributed by atoms with van der Waals surface area (Å²) in [5, 5.41) is 11.8. The quantitative estimate of drug-likeness (QED) is 0.574. The molecule has 0 saturated heterocycles. The van der Waals surface area contributed by atoms with Gasteiger partial charge in [-0.15, -0.1) is 0 Å². The van der Waals surface area contributed by atoms with Gasteiger partial charge < -0.3 is 19.9 Å². The van der Waals surface area contributed by atoms with Crippen molar-refractivity contribution in [2.75, 3.05) is 14.2 Å². The SMILES string of the molecule is COC(=O)CC[C@H](NC(=O)/C=C/c1cccc(O)c1)C(=O)OC. The van der Waals surface area contributed by atoms with E-state index in [4.69, 9.17) is 0 Å². The van der Waals surface area contributed by atoms with Crippen LogP contribution >= 0.6 is 0 Å². The standard InChI is InChI=1S/C16H19NO6/c1-22-15(20)9-7-13(16(21)23-2)17-14(19)8-6-11-4-3-5-12(18)10-11/h3-6,8,10,13,18H,7,9H2,1-2H3,(H,17,19)/b8-6+/t13-/m0/s1. The summed E-state index contributed by atoms with van der Waals surface area (Å²) in [6, 6.07) is 5.40. The highest BCUT2D eigenvalue weighted by atomic mass is 16.5. The van der Waals surface area contributed by atoms with Crippen molar-refractivity contribution in [3.8, 4) is 5.75 Å². The lowest BCUT2D eigenvalue weighted by Crippen LogP contribution is -2.41. The summed E-state index contributed by atoms with van der Waals surface area (Å²) in [6.07, 6.45) is 2.77. The largest absolute Gasteiger partial charge is 0.508 e. The number of carbonyl (C=O) groups is 3. The second kappa shape index (κ2) is 9.24. The van der Waals surface area contributed by atoms with Gasteiger partial charge in [0.05, 0.1) is 14.2 Å². The molecule has 124 valence electrons. The van der Waals surface area contributed by atoms with Crippen molar-refractivity contribution >= 4 is 23.9 Å². The molecule has 2 N–H and O–H groups in total. The number of hydrogen-bond acceptors (Lipinski definition) is 6. The van der Waals surface area contributed by atoms with E-state index >= 15 is 0 Å². The first-order valence-corrected chi connectivity index (χ1v) is 6.88. The first-order chi connectivity index (χ1) is 11.0. The van der Waals surface area contributed by atoms with Crippen LogP contribution in [0.15, 0.2) is 30.3 Å². The van der Waals surface area contributed by atoms with E-state index < -0.39 is 23.9 Å². The molecule has 7 heteroatoms. The fourth-order valence-electron chi connectivity index (χ4n) is 1.78. The third-order valence-electron chi connectivity index (χ3n) is 2.96. The average Bonchev–Trinajstić information content (AvgIpc) is 2.55. The maximum atomic E-state index is 11.9. The number of hydrogen-bond donors (Lipinski definition) is 2. The molecular weight excluding hydrogens is 302 g/mol. The van der Waals surface area contributed by atoms with E-state index in [2.05, 4.69) is 14.8 Å². The van der Waals surface area contributed by atoms with Gasteiger partial charge in [0.2, 0.25) is 5.91 Å². The Labute approximate surface area is 133 Å². The predicted octanol–water partition coefficient (Wildman–Crippen LogP) is 1.02. The summed E-state index contributed by atoms with van der Waals surface area (Å²) < 4.78 is 9.09. The fourth-order valence-corrected chi connectivity index (χ4v) is 1.78. The Morgan fingerprint density at radius 1 is 1.26 bits per heavy atom. The van der Waals surface area contributed by atoms with E-state index in [9.17, 15) is 19.5 Å². The van der Waals surface area contributed by atoms with Crippen LogP contribution < -0.4 is 5.32 Å². The highest BCUT2D eigenvalue weighted by Gasteiger charge is 2.21. The van der Waals surface area contributed by atoms with Crippen LogP contribution in [0.25, 0.3) is 6.08 Å². The molecule has 0 unspecified atom stereocenters. The third-order valence-corrected chi connectivity index (χ3v) is 2.96. The number of ether oxygens (including phenoxy) is 2. The molecule has 0 heterocycles. The molecule has 0 bridgehead atoms. The van der Waals surface area contributed by atoms with Crippen molar-refractivity contribution in [3.05, 3.63) is 35.9 Å². The topological polar surface area (TPSA) is 102 Å². The summed E-state index contributed by atoms with van der Waals surface area (Å²) >= 11 is 0. The molecule has 7 nitrogen and oxygen atoms in total. The van der Waals surface area contributed by atoms with Crippen molar-refractivity contribution < 1.29 is 29.0 Å². The Hall–Kier alpha value is -2.83. The maximum absolute atomic E-state index is 11.9. The predicted molar refractivity (Wildman–Crippen MR) is 82.3 cm³/mol. The number of esters is 2. The molecule has 1 aromatic carbocycles. The van der Waals surface area contributed by atoms with Crippen LogP contribution in [0.2, 0.25) is 0 Å². The van der Waals surface area contributed by atoms with Gasteiger partial charge >= 0.3 is 11.9 Å². The molecule has 0 radical (unpaired) electrons. The minimum absolute atomic E-state index is 0.0210. The summed E-state index contributed by atoms with van der Waals surface area (Å²) in [5.74, 6) is -1.57. The van der Waals surface area contributed by atoms with Crippen LogP contribution in [0.1, 0.15) is 18.4 Å². The van der Waals surface area contributed by atoms with E-state index in [-0.39, 0.29) is 18.6 Å². The summed E-state index contributed by atoms with van der Waals surface area (Å²) in [5.41, 5.74) is 0.629. The van der Waals surface area contributed by atoms with Gasteiger partial charge in [0.15, 0.2) is 0 Å². The van der Waals surface area contributed by atoms with Crippen molar-refractivity contribution in [1.29, 1.82) is 0 Å². The smallest absolute Gasteiger partial charge is 0.328 e. The minimum Gasteiger partial charge on any atom is -0.508 e. The Bertz CT molecular complexity index is 596. The number of amides is 1. The molecule has 0 aliphatic rings. The molecule has 1 atom stereocenters. The molecule has 0 aliphatic heterocycles. The molecule has 0 spiro atoms. The number of carbonyl (C=O) groups excluding carboxylic acids is 3. The van der Waals surface area contributed by atoms with Crippen molar-refractivity contribution in [1.82, 2.24) is 5.32 Å². The van der Waals surface area contributed by atoms with Gasteiger partial charge in [-0.2, -0.15) is 0 Å². The van der Waals surface area contributed by atoms with Crippen molar-refractivity contribution in [2.45, 2.75) is 18.9 Å². The van der Waals surface area contributed by atoms with Crippen LogP contribution in [0.5, 0.6) is 5.75 Å². The molecule has 0 aromatic heterocycles. The zero-order valence-corrected chi connectivity index (χ0v) is 12.9. The lowest BCUT2D eigenvalue weighted by atomic mass is 10.1. The third kappa shape index (κ3) is 6.64. The van der Waals surface area contributed by atoms with Crippen molar-refractivity contribution in [2.24, 2.45) is 0 Å². The molecule has 0 fully saturated rings. The minimum atomic E-state index is -0.944. The maximum Gasteiger partial charge on any atom is 0.328 e. The average molecular weight is 321 g/mol. The number of aromatic hydroxyl groups is 1. The molecule has 1 rings (SSSR count). The number of methoxy groups -OCH3 is 2. The van der Waals surface area contributed by atoms with Gasteiger partial charge in [-0.25, -0.2) is 4.79 Å². The highest BCUT2D eigenvalue weighted by molar-refractivity contribution is 5.94. The number of phenols is 1. The Morgan fingerprint density at radius 2 is 2.00 bits per heavy atom. The Morgan fingerprint density at radius 3 is 2.61 bits per heavy atom. The van der Waals surface area contributed by atoms with E-state index in [1.165, 1.54) is 38.5 Å². The Balaban J connectivity index is 2.65. The second-order valence-electron chi connectivity index (χ2n) is 4.63. The molecule has 0 saturated carbocycles. The Kier molecular flexibility index (Phi) is 7.32. The van der Waals surface area contributed by atoms with Crippen LogP contribution in [0.4, 0.5) is 0 Å². The van der Waals surface area contributed by atoms with Crippen LogP contribution in [0, 0.1) is 0 Å². The molecular formula is C16H19NO6. The lowest BCUT2D eigenvalue weighted by molar-refractivity contribution is -0.146. The van der Waals surface area contributed by atoms with Crippen LogP contribution in [0.3, 0.4) is 0 Å². The van der Waals surface area contributed by atoms with Gasteiger partial charge in [-0.3, -0.25) is 9.59 Å². The normalized spacial score (nSPS) is 11.7. The van der Waals surface area contributed by atoms with Gasteiger partial charge in [-0.05, 0) is 30.2 Å². The number of benzene rings is 1. The van der Waals surface area contributed by atoms with Gasteiger partial charge in [0.1, 0.15) is 11.8 Å². The van der Waals surface area contributed by atoms with Crippen LogP contribution in [-0.2, 0) is 23.9 Å². The fraction of sp³-hybridized carbons (Fsp3) is 0.312. The lowest BCUT2D eigenvalue weighted by Gasteiger charge is -2.14. The first-order valence-electron chi connectivity index (χ1n) is 6.88. The van der Waals surface area contributed by atoms with E-state index in [1.807, 2.05) is 0 Å². The highest BCUT2D eigenvalue weighted by Crippen LogP contribution is 2.12. The number of phenolic OH excluding ortho intramolecular Hbond substituents is 1. The number of rotatable bonds is 7. The summed E-state index contributed by atoms with van der Waals surface area (Å²) in [4.78, 5) is 34.6. The van der Waals surface area contributed by atoms with Crippen molar-refractivity contribution in [3.63, 3.8) is 0 Å². The van der Waals surface area contributed by atoms with Gasteiger partial charge in [0.25, 0.3) is 0 Å². The molecule has 0 aliphatic carbocycles. The van der Waals surface area contributed by atoms with Gasteiger partial charge in [-0.1, -0.05) is 12.1 Å². The van der Waals surface area contributed by atoms with Crippen LogP contribution in [-0.4, -0.2) is 43.2 Å². The first kappa shape index (κ1) is 18.2. The van der Waals surface area contributed by atoms with Gasteiger partial charge in [0, 0.05) is 12.5 Å². The molecule has 1 aromatic rings. The van der Waals surface area contributed by atoms with E-state index in [1.54, 1.807) is 12.1 Å². The number of nitrogens with one attached hydrogen (secondary N) is 1. The summed E-state index contributed by atoms with van der Waals surface area (Å²) in [6.45, 7) is 0. The van der Waals surface area contributed by atoms with E-state index in [0.717, 1.165) is 0 Å². The summed E-state index contributed by atoms with van der Waals surface area (Å²) in [7, 11) is 2.44. The zero-order valence-electron chi connectivity index (χ0n) is 12.9. The molecule has 23 heavy (non-hydrogen) atoms. The monoisotopic (exact) mass is 321 g/mol. The molecule has 1 amide bonds.